The molecular weight excluding hydrogens is 278 g/mol. The van der Waals surface area contributed by atoms with Crippen molar-refractivity contribution in [2.75, 3.05) is 7.11 Å². The van der Waals surface area contributed by atoms with Gasteiger partial charge >= 0.3 is 0 Å². The minimum atomic E-state index is -0.747. The fraction of sp³-hybridized carbons (Fsp3) is 0.429. The first kappa shape index (κ1) is 14.8. The van der Waals surface area contributed by atoms with Crippen LogP contribution in [0.5, 0.6) is 5.88 Å². The lowest BCUT2D eigenvalue weighted by Crippen LogP contribution is -2.08. The van der Waals surface area contributed by atoms with E-state index in [1.54, 1.807) is 30.0 Å². The van der Waals surface area contributed by atoms with Gasteiger partial charge in [0, 0.05) is 19.5 Å². The smallest absolute Gasteiger partial charge is 0.213 e. The molecule has 2 rings (SSSR count). The number of aliphatic hydroxyl groups excluding tert-OH is 1. The average molecular weight is 296 g/mol. The molecule has 0 saturated heterocycles. The Labute approximate surface area is 123 Å². The highest BCUT2D eigenvalue weighted by atomic mass is 35.5. The fourth-order valence-corrected chi connectivity index (χ4v) is 2.43. The minimum Gasteiger partial charge on any atom is -0.481 e. The molecule has 0 aliphatic heterocycles. The number of aliphatic hydroxyl groups is 1. The first-order valence-corrected chi connectivity index (χ1v) is 6.83. The number of methoxy groups -OCH3 is 1. The maximum atomic E-state index is 10.3. The molecule has 0 radical (unpaired) electrons. The molecule has 0 fully saturated rings. The molecule has 1 atom stereocenters. The van der Waals surface area contributed by atoms with Gasteiger partial charge in [-0.25, -0.2) is 4.98 Å². The third kappa shape index (κ3) is 2.94. The summed E-state index contributed by atoms with van der Waals surface area (Å²) in [6.45, 7) is 2.00. The second-order valence-corrected chi connectivity index (χ2v) is 4.89. The Morgan fingerprint density at radius 2 is 2.20 bits per heavy atom. The average Bonchev–Trinajstić information content (AvgIpc) is 2.74. The van der Waals surface area contributed by atoms with Crippen LogP contribution in [0.15, 0.2) is 18.2 Å². The summed E-state index contributed by atoms with van der Waals surface area (Å²) in [4.78, 5) is 4.23. The quantitative estimate of drug-likeness (QED) is 0.919. The molecule has 20 heavy (non-hydrogen) atoms. The Kier molecular flexibility index (Phi) is 4.62. The van der Waals surface area contributed by atoms with Crippen molar-refractivity contribution in [3.8, 4) is 5.88 Å². The lowest BCUT2D eigenvalue weighted by atomic mass is 10.1. The molecule has 108 valence electrons. The molecule has 2 aromatic rings. The van der Waals surface area contributed by atoms with Gasteiger partial charge in [0.25, 0.3) is 0 Å². The number of nitrogens with zero attached hydrogens (tertiary/aromatic N) is 3. The third-order valence-corrected chi connectivity index (χ3v) is 3.62. The second kappa shape index (κ2) is 6.24. The molecule has 0 spiro atoms. The largest absolute Gasteiger partial charge is 0.481 e. The van der Waals surface area contributed by atoms with Crippen LogP contribution in [0.25, 0.3) is 0 Å². The Hall–Kier alpha value is -1.59. The zero-order valence-electron chi connectivity index (χ0n) is 11.8. The van der Waals surface area contributed by atoms with Crippen molar-refractivity contribution in [2.24, 2.45) is 7.05 Å². The molecule has 0 aliphatic carbocycles. The Morgan fingerprint density at radius 3 is 2.80 bits per heavy atom. The number of rotatable bonds is 5. The highest BCUT2D eigenvalue weighted by Crippen LogP contribution is 2.26. The van der Waals surface area contributed by atoms with Crippen molar-refractivity contribution in [1.29, 1.82) is 0 Å². The van der Waals surface area contributed by atoms with E-state index in [0.717, 1.165) is 17.8 Å². The van der Waals surface area contributed by atoms with Crippen LogP contribution in [-0.4, -0.2) is 27.0 Å². The molecular formula is C14H18ClN3O2. The van der Waals surface area contributed by atoms with Crippen LogP contribution in [0.1, 0.15) is 30.1 Å². The number of aryl methyl sites for hydroxylation is 2. The number of ether oxygens (including phenoxy) is 1. The third-order valence-electron chi connectivity index (χ3n) is 3.19. The second-order valence-electron chi connectivity index (χ2n) is 4.51. The van der Waals surface area contributed by atoms with Crippen LogP contribution >= 0.6 is 11.6 Å². The topological polar surface area (TPSA) is 60.2 Å². The molecule has 1 N–H and O–H groups in total. The summed E-state index contributed by atoms with van der Waals surface area (Å²) in [5, 5.41) is 15.3. The number of halogens is 1. The highest BCUT2D eigenvalue weighted by Gasteiger charge is 2.18. The van der Waals surface area contributed by atoms with Crippen molar-refractivity contribution in [1.82, 2.24) is 14.8 Å². The van der Waals surface area contributed by atoms with Gasteiger partial charge in [0.05, 0.1) is 29.2 Å². The van der Waals surface area contributed by atoms with Gasteiger partial charge in [-0.2, -0.15) is 5.10 Å². The van der Waals surface area contributed by atoms with Crippen molar-refractivity contribution in [3.63, 3.8) is 0 Å². The Balaban J connectivity index is 2.23. The number of hydrogen-bond donors (Lipinski definition) is 1. The fourth-order valence-electron chi connectivity index (χ4n) is 2.06. The normalized spacial score (nSPS) is 12.4. The van der Waals surface area contributed by atoms with Crippen LogP contribution in [0, 0.1) is 0 Å². The van der Waals surface area contributed by atoms with E-state index < -0.39 is 6.10 Å². The van der Waals surface area contributed by atoms with E-state index in [4.69, 9.17) is 16.3 Å². The summed E-state index contributed by atoms with van der Waals surface area (Å²) in [6.07, 6.45) is 0.380. The van der Waals surface area contributed by atoms with Gasteiger partial charge in [-0.3, -0.25) is 4.68 Å². The van der Waals surface area contributed by atoms with Crippen LogP contribution in [0.4, 0.5) is 0 Å². The first-order chi connectivity index (χ1) is 9.56. The van der Waals surface area contributed by atoms with Crippen molar-refractivity contribution in [2.45, 2.75) is 25.9 Å². The van der Waals surface area contributed by atoms with Gasteiger partial charge < -0.3 is 9.84 Å². The van der Waals surface area contributed by atoms with Crippen LogP contribution in [0.2, 0.25) is 5.02 Å². The van der Waals surface area contributed by atoms with Gasteiger partial charge in [0.1, 0.15) is 6.10 Å². The SMILES string of the molecule is CCc1nn(C)c(CC(O)c2cccc(OC)n2)c1Cl. The Morgan fingerprint density at radius 1 is 1.45 bits per heavy atom. The maximum Gasteiger partial charge on any atom is 0.213 e. The predicted molar refractivity (Wildman–Crippen MR) is 77.0 cm³/mol. The summed E-state index contributed by atoms with van der Waals surface area (Å²) < 4.78 is 6.77. The zero-order chi connectivity index (χ0) is 14.7. The Bertz CT molecular complexity index is 598. The zero-order valence-corrected chi connectivity index (χ0v) is 12.6. The van der Waals surface area contributed by atoms with Gasteiger partial charge in [-0.05, 0) is 12.5 Å². The van der Waals surface area contributed by atoms with Crippen molar-refractivity contribution in [3.05, 3.63) is 40.3 Å². The summed E-state index contributed by atoms with van der Waals surface area (Å²) in [5.74, 6) is 0.479. The van der Waals surface area contributed by atoms with E-state index in [1.165, 1.54) is 0 Å². The molecule has 2 aromatic heterocycles. The van der Waals surface area contributed by atoms with E-state index >= 15 is 0 Å². The van der Waals surface area contributed by atoms with E-state index in [0.29, 0.717) is 23.0 Å². The molecule has 1 unspecified atom stereocenters. The van der Waals surface area contributed by atoms with Gasteiger partial charge in [0.2, 0.25) is 5.88 Å². The molecule has 5 nitrogen and oxygen atoms in total. The molecule has 2 heterocycles. The monoisotopic (exact) mass is 295 g/mol. The molecule has 0 aliphatic rings. The van der Waals surface area contributed by atoms with Crippen LogP contribution < -0.4 is 4.74 Å². The summed E-state index contributed by atoms with van der Waals surface area (Å²) in [6, 6.07) is 5.30. The molecule has 0 aromatic carbocycles. The van der Waals surface area contributed by atoms with E-state index in [9.17, 15) is 5.11 Å². The molecule has 0 bridgehead atoms. The predicted octanol–water partition coefficient (Wildman–Crippen LogP) is 2.32. The van der Waals surface area contributed by atoms with E-state index in [2.05, 4.69) is 10.1 Å². The van der Waals surface area contributed by atoms with Gasteiger partial charge in [0.15, 0.2) is 0 Å². The number of aromatic nitrogens is 3. The number of hydrogen-bond acceptors (Lipinski definition) is 4. The van der Waals surface area contributed by atoms with Crippen LogP contribution in [-0.2, 0) is 19.9 Å². The van der Waals surface area contributed by atoms with Gasteiger partial charge in [-0.1, -0.05) is 24.6 Å². The molecule has 6 heteroatoms. The molecule has 0 amide bonds. The summed E-state index contributed by atoms with van der Waals surface area (Å²) in [5.41, 5.74) is 2.20. The van der Waals surface area contributed by atoms with E-state index in [1.807, 2.05) is 14.0 Å². The van der Waals surface area contributed by atoms with Gasteiger partial charge in [-0.15, -0.1) is 0 Å². The van der Waals surface area contributed by atoms with Crippen LogP contribution in [0.3, 0.4) is 0 Å². The summed E-state index contributed by atoms with van der Waals surface area (Å²) >= 11 is 6.28. The maximum absolute atomic E-state index is 10.3. The lowest BCUT2D eigenvalue weighted by Gasteiger charge is -2.11. The van der Waals surface area contributed by atoms with Crippen molar-refractivity contribution < 1.29 is 9.84 Å². The standard InChI is InChI=1S/C14H18ClN3O2/c1-4-9-14(15)11(18(2)17-9)8-12(19)10-6-5-7-13(16-10)20-3/h5-7,12,19H,4,8H2,1-3H3. The minimum absolute atomic E-state index is 0.364. The van der Waals surface area contributed by atoms with E-state index in [-0.39, 0.29) is 0 Å². The number of pyridine rings is 1. The highest BCUT2D eigenvalue weighted by molar-refractivity contribution is 6.31. The lowest BCUT2D eigenvalue weighted by molar-refractivity contribution is 0.170. The van der Waals surface area contributed by atoms with Crippen molar-refractivity contribution >= 4 is 11.6 Å². The first-order valence-electron chi connectivity index (χ1n) is 6.46. The summed E-state index contributed by atoms with van der Waals surface area (Å²) in [7, 11) is 3.37. The molecule has 0 saturated carbocycles.